The molecule has 7 rings (SSSR count). The zero-order valence-electron chi connectivity index (χ0n) is 23.3. The SMILES string of the molecule is N=C(/C=C\C(=N)c1ccc(-c2ccc3ccccc3c2-c2ccc3nc(-c4ccccc4)oc3c2)cc1)c1ccccc1. The van der Waals surface area contributed by atoms with Gasteiger partial charge in [0.15, 0.2) is 5.58 Å². The third kappa shape index (κ3) is 5.18. The molecule has 43 heavy (non-hydrogen) atoms. The van der Waals surface area contributed by atoms with Crippen LogP contribution in [0.15, 0.2) is 156 Å². The van der Waals surface area contributed by atoms with Crippen LogP contribution >= 0.6 is 0 Å². The van der Waals surface area contributed by atoms with Crippen molar-refractivity contribution in [1.82, 2.24) is 4.98 Å². The first-order chi connectivity index (χ1) is 21.1. The van der Waals surface area contributed by atoms with Gasteiger partial charge in [0.25, 0.3) is 0 Å². The van der Waals surface area contributed by atoms with E-state index in [0.29, 0.717) is 17.3 Å². The van der Waals surface area contributed by atoms with Gasteiger partial charge in [-0.1, -0.05) is 115 Å². The number of aromatic nitrogens is 1. The van der Waals surface area contributed by atoms with E-state index in [1.165, 1.54) is 0 Å². The summed E-state index contributed by atoms with van der Waals surface area (Å²) in [7, 11) is 0. The van der Waals surface area contributed by atoms with Crippen LogP contribution in [0, 0.1) is 10.8 Å². The maximum Gasteiger partial charge on any atom is 0.227 e. The van der Waals surface area contributed by atoms with Crippen molar-refractivity contribution in [3.8, 4) is 33.7 Å². The maximum absolute atomic E-state index is 8.59. The highest BCUT2D eigenvalue weighted by atomic mass is 16.3. The van der Waals surface area contributed by atoms with Gasteiger partial charge in [-0.25, -0.2) is 4.98 Å². The van der Waals surface area contributed by atoms with Crippen molar-refractivity contribution in [1.29, 1.82) is 10.8 Å². The molecule has 0 unspecified atom stereocenters. The first-order valence-corrected chi connectivity index (χ1v) is 14.1. The van der Waals surface area contributed by atoms with Crippen LogP contribution < -0.4 is 0 Å². The summed E-state index contributed by atoms with van der Waals surface area (Å²) in [6.07, 6.45) is 3.36. The van der Waals surface area contributed by atoms with Gasteiger partial charge >= 0.3 is 0 Å². The summed E-state index contributed by atoms with van der Waals surface area (Å²) in [5, 5.41) is 19.2. The lowest BCUT2D eigenvalue weighted by molar-refractivity contribution is 0.620. The van der Waals surface area contributed by atoms with E-state index < -0.39 is 0 Å². The highest BCUT2D eigenvalue weighted by Gasteiger charge is 2.15. The summed E-state index contributed by atoms with van der Waals surface area (Å²) >= 11 is 0. The normalized spacial score (nSPS) is 11.3. The molecule has 0 atom stereocenters. The molecule has 0 amide bonds. The molecule has 0 saturated carbocycles. The highest BCUT2D eigenvalue weighted by Crippen LogP contribution is 2.39. The lowest BCUT2D eigenvalue weighted by atomic mass is 9.89. The summed E-state index contributed by atoms with van der Waals surface area (Å²) in [5.74, 6) is 0.608. The molecule has 7 aromatic rings. The van der Waals surface area contributed by atoms with Crippen LogP contribution in [0.4, 0.5) is 0 Å². The van der Waals surface area contributed by atoms with Gasteiger partial charge in [0.2, 0.25) is 5.89 Å². The van der Waals surface area contributed by atoms with Crippen LogP contribution in [0.3, 0.4) is 0 Å². The van der Waals surface area contributed by atoms with Crippen molar-refractivity contribution >= 4 is 33.3 Å². The maximum atomic E-state index is 8.59. The Labute approximate surface area is 249 Å². The van der Waals surface area contributed by atoms with E-state index in [2.05, 4.69) is 60.7 Å². The molecule has 1 aromatic heterocycles. The molecule has 0 spiro atoms. The van der Waals surface area contributed by atoms with Crippen molar-refractivity contribution in [3.05, 3.63) is 163 Å². The van der Waals surface area contributed by atoms with Crippen molar-refractivity contribution in [3.63, 3.8) is 0 Å². The Bertz CT molecular complexity index is 2140. The molecule has 1 heterocycles. The minimum absolute atomic E-state index is 0.357. The lowest BCUT2D eigenvalue weighted by Crippen LogP contribution is -1.98. The Balaban J connectivity index is 1.25. The topological polar surface area (TPSA) is 73.7 Å². The fraction of sp³-hybridized carbons (Fsp3) is 0. The second kappa shape index (κ2) is 11.2. The largest absolute Gasteiger partial charge is 0.436 e. The molecular formula is C39H27N3O. The molecular weight excluding hydrogens is 526 g/mol. The number of allylic oxidation sites excluding steroid dienone is 2. The third-order valence-electron chi connectivity index (χ3n) is 7.64. The van der Waals surface area contributed by atoms with E-state index in [4.69, 9.17) is 20.2 Å². The summed E-state index contributed by atoms with van der Waals surface area (Å²) < 4.78 is 6.23. The second-order valence-electron chi connectivity index (χ2n) is 10.4. The lowest BCUT2D eigenvalue weighted by Gasteiger charge is -2.14. The molecule has 0 bridgehead atoms. The quantitative estimate of drug-likeness (QED) is 0.193. The molecule has 2 N–H and O–H groups in total. The van der Waals surface area contributed by atoms with Crippen molar-refractivity contribution < 1.29 is 4.42 Å². The highest BCUT2D eigenvalue weighted by molar-refractivity contribution is 6.14. The first kappa shape index (κ1) is 26.1. The third-order valence-corrected chi connectivity index (χ3v) is 7.64. The number of fused-ring (bicyclic) bond motifs is 2. The van der Waals surface area contributed by atoms with Crippen LogP contribution in [0.5, 0.6) is 0 Å². The van der Waals surface area contributed by atoms with Gasteiger partial charge in [0, 0.05) is 5.56 Å². The molecule has 0 aliphatic heterocycles. The molecule has 0 aliphatic carbocycles. The van der Waals surface area contributed by atoms with Crippen molar-refractivity contribution in [2.45, 2.75) is 0 Å². The number of hydrogen-bond donors (Lipinski definition) is 2. The number of rotatable bonds is 7. The fourth-order valence-corrected chi connectivity index (χ4v) is 5.41. The molecule has 4 nitrogen and oxygen atoms in total. The van der Waals surface area contributed by atoms with E-state index in [1.54, 1.807) is 12.2 Å². The van der Waals surface area contributed by atoms with E-state index in [1.807, 2.05) is 78.9 Å². The summed E-state index contributed by atoms with van der Waals surface area (Å²) in [6.45, 7) is 0. The number of nitrogens with zero attached hydrogens (tertiary/aromatic N) is 1. The molecule has 0 aliphatic rings. The molecule has 0 saturated heterocycles. The standard InChI is InChI=1S/C39H27N3O/c40-34(28-10-3-1-4-11-28)22-23-35(41)29-17-15-27(16-18-29)33-21-19-26-9-7-8-14-32(26)38(33)31-20-24-36-37(25-31)43-39(42-36)30-12-5-2-6-13-30/h1-25,40-41H/b23-22-,40-34?,41-35?. The Morgan fingerprint density at radius 2 is 1.19 bits per heavy atom. The Morgan fingerprint density at radius 1 is 0.558 bits per heavy atom. The predicted octanol–water partition coefficient (Wildman–Crippen LogP) is 9.97. The van der Waals surface area contributed by atoms with Crippen LogP contribution in [0.25, 0.3) is 55.6 Å². The van der Waals surface area contributed by atoms with E-state index >= 15 is 0 Å². The van der Waals surface area contributed by atoms with Gasteiger partial charge in [-0.3, -0.25) is 0 Å². The second-order valence-corrected chi connectivity index (χ2v) is 10.4. The van der Waals surface area contributed by atoms with Gasteiger partial charge in [-0.2, -0.15) is 0 Å². The minimum Gasteiger partial charge on any atom is -0.436 e. The Morgan fingerprint density at radius 3 is 1.93 bits per heavy atom. The number of hydrogen-bond acceptors (Lipinski definition) is 4. The van der Waals surface area contributed by atoms with Crippen LogP contribution in [-0.2, 0) is 0 Å². The average molecular weight is 554 g/mol. The molecule has 4 heteroatoms. The number of nitrogens with one attached hydrogen (secondary N) is 2. The fourth-order valence-electron chi connectivity index (χ4n) is 5.41. The summed E-state index contributed by atoms with van der Waals surface area (Å²) in [5.41, 5.74) is 9.19. The predicted molar refractivity (Wildman–Crippen MR) is 177 cm³/mol. The number of oxazole rings is 1. The van der Waals surface area contributed by atoms with Gasteiger partial charge in [0.1, 0.15) is 5.52 Å². The van der Waals surface area contributed by atoms with Crippen molar-refractivity contribution in [2.75, 3.05) is 0 Å². The van der Waals surface area contributed by atoms with Gasteiger partial charge in [-0.05, 0) is 80.6 Å². The summed E-state index contributed by atoms with van der Waals surface area (Å²) in [6, 6.07) is 46.5. The molecule has 6 aromatic carbocycles. The van der Waals surface area contributed by atoms with Gasteiger partial charge in [-0.15, -0.1) is 0 Å². The van der Waals surface area contributed by atoms with Gasteiger partial charge in [0.05, 0.1) is 11.4 Å². The zero-order chi connectivity index (χ0) is 29.2. The minimum atomic E-state index is 0.357. The van der Waals surface area contributed by atoms with E-state index in [-0.39, 0.29) is 0 Å². The first-order valence-electron chi connectivity index (χ1n) is 14.1. The molecule has 0 radical (unpaired) electrons. The van der Waals surface area contributed by atoms with E-state index in [9.17, 15) is 0 Å². The average Bonchev–Trinajstić information content (AvgIpc) is 3.51. The van der Waals surface area contributed by atoms with Crippen LogP contribution in [0.2, 0.25) is 0 Å². The Hall–Kier alpha value is -5.87. The van der Waals surface area contributed by atoms with Crippen LogP contribution in [-0.4, -0.2) is 16.4 Å². The number of benzene rings is 6. The molecule has 0 fully saturated rings. The van der Waals surface area contributed by atoms with Gasteiger partial charge < -0.3 is 15.2 Å². The Kier molecular flexibility index (Phi) is 6.78. The zero-order valence-corrected chi connectivity index (χ0v) is 23.3. The molecule has 204 valence electrons. The van der Waals surface area contributed by atoms with Crippen molar-refractivity contribution in [2.24, 2.45) is 0 Å². The van der Waals surface area contributed by atoms with Crippen LogP contribution in [0.1, 0.15) is 11.1 Å². The van der Waals surface area contributed by atoms with E-state index in [0.717, 1.165) is 60.8 Å². The smallest absolute Gasteiger partial charge is 0.227 e. The summed E-state index contributed by atoms with van der Waals surface area (Å²) in [4.78, 5) is 4.72. The monoisotopic (exact) mass is 553 g/mol.